The second-order valence-electron chi connectivity index (χ2n) is 6.61. The van der Waals surface area contributed by atoms with Crippen LogP contribution in [0.25, 0.3) is 0 Å². The van der Waals surface area contributed by atoms with Crippen LogP contribution in [0.5, 0.6) is 5.75 Å². The van der Waals surface area contributed by atoms with Crippen molar-refractivity contribution in [2.45, 2.75) is 25.8 Å². The van der Waals surface area contributed by atoms with E-state index in [0.717, 1.165) is 17.7 Å². The summed E-state index contributed by atoms with van der Waals surface area (Å²) in [5.41, 5.74) is 2.07. The molecule has 0 aromatic heterocycles. The number of hydrogen-bond acceptors (Lipinski definition) is 4. The Labute approximate surface area is 160 Å². The van der Waals surface area contributed by atoms with Gasteiger partial charge in [-0.25, -0.2) is 8.42 Å². The maximum Gasteiger partial charge on any atom is 0.251 e. The van der Waals surface area contributed by atoms with Crippen LogP contribution in [0, 0.1) is 0 Å². The molecule has 6 nitrogen and oxygen atoms in total. The van der Waals surface area contributed by atoms with E-state index in [4.69, 9.17) is 4.74 Å². The Morgan fingerprint density at radius 3 is 2.33 bits per heavy atom. The highest BCUT2D eigenvalue weighted by Gasteiger charge is 2.26. The van der Waals surface area contributed by atoms with Gasteiger partial charge in [-0.2, -0.15) is 0 Å². The number of ether oxygens (including phenoxy) is 1. The molecule has 1 saturated heterocycles. The van der Waals surface area contributed by atoms with E-state index in [1.54, 1.807) is 31.4 Å². The first-order valence-electron chi connectivity index (χ1n) is 8.96. The summed E-state index contributed by atoms with van der Waals surface area (Å²) in [5, 5.41) is 2.95. The Morgan fingerprint density at radius 2 is 1.74 bits per heavy atom. The molecule has 1 heterocycles. The van der Waals surface area contributed by atoms with Crippen LogP contribution < -0.4 is 14.4 Å². The molecule has 0 aliphatic carbocycles. The van der Waals surface area contributed by atoms with Gasteiger partial charge < -0.3 is 10.1 Å². The molecule has 1 aliphatic rings. The second kappa shape index (κ2) is 8.00. The smallest absolute Gasteiger partial charge is 0.251 e. The quantitative estimate of drug-likeness (QED) is 0.854. The van der Waals surface area contributed by atoms with Crippen LogP contribution in [-0.2, 0) is 10.0 Å². The van der Waals surface area contributed by atoms with E-state index in [1.165, 1.54) is 4.31 Å². The topological polar surface area (TPSA) is 75.7 Å². The SMILES string of the molecule is COc1ccc([C@@H](C)NC(=O)c2ccc(N3CCCCS3(=O)=O)cc2)cc1. The van der Waals surface area contributed by atoms with Crippen molar-refractivity contribution >= 4 is 21.6 Å². The van der Waals surface area contributed by atoms with Gasteiger partial charge in [0.05, 0.1) is 24.6 Å². The number of sulfonamides is 1. The number of hydrogen-bond donors (Lipinski definition) is 1. The molecule has 0 spiro atoms. The summed E-state index contributed by atoms with van der Waals surface area (Å²) >= 11 is 0. The zero-order chi connectivity index (χ0) is 19.4. The number of benzene rings is 2. The van der Waals surface area contributed by atoms with Crippen molar-refractivity contribution in [3.63, 3.8) is 0 Å². The number of carbonyl (C=O) groups excluding carboxylic acids is 1. The highest BCUT2D eigenvalue weighted by Crippen LogP contribution is 2.24. The first-order valence-corrected chi connectivity index (χ1v) is 10.6. The lowest BCUT2D eigenvalue weighted by atomic mass is 10.1. The molecule has 2 aromatic carbocycles. The summed E-state index contributed by atoms with van der Waals surface area (Å²) in [6, 6.07) is 14.1. The Balaban J connectivity index is 1.68. The Kier molecular flexibility index (Phi) is 5.70. The molecule has 1 fully saturated rings. The zero-order valence-electron chi connectivity index (χ0n) is 15.5. The van der Waals surface area contributed by atoms with Crippen molar-refractivity contribution in [1.82, 2.24) is 5.32 Å². The molecule has 1 atom stereocenters. The predicted octanol–water partition coefficient (Wildman–Crippen LogP) is 3.12. The van der Waals surface area contributed by atoms with Gasteiger partial charge in [0, 0.05) is 12.1 Å². The van der Waals surface area contributed by atoms with E-state index in [0.29, 0.717) is 24.2 Å². The minimum absolute atomic E-state index is 0.162. The average Bonchev–Trinajstić information content (AvgIpc) is 2.68. The fraction of sp³-hybridized carbons (Fsp3) is 0.350. The minimum atomic E-state index is -3.25. The lowest BCUT2D eigenvalue weighted by Crippen LogP contribution is -2.37. The molecule has 144 valence electrons. The Bertz CT molecular complexity index is 893. The van der Waals surface area contributed by atoms with E-state index in [9.17, 15) is 13.2 Å². The van der Waals surface area contributed by atoms with E-state index >= 15 is 0 Å². The van der Waals surface area contributed by atoms with Gasteiger partial charge in [-0.15, -0.1) is 0 Å². The van der Waals surface area contributed by atoms with Gasteiger partial charge in [0.2, 0.25) is 10.0 Å². The summed E-state index contributed by atoms with van der Waals surface area (Å²) < 4.78 is 30.9. The van der Waals surface area contributed by atoms with Gasteiger partial charge in [0.1, 0.15) is 5.75 Å². The molecular weight excluding hydrogens is 364 g/mol. The number of methoxy groups -OCH3 is 1. The number of anilines is 1. The van der Waals surface area contributed by atoms with E-state index < -0.39 is 10.0 Å². The molecule has 3 rings (SSSR count). The van der Waals surface area contributed by atoms with Gasteiger partial charge >= 0.3 is 0 Å². The van der Waals surface area contributed by atoms with E-state index in [1.807, 2.05) is 31.2 Å². The number of carbonyl (C=O) groups is 1. The van der Waals surface area contributed by atoms with Crippen LogP contribution in [0.1, 0.15) is 41.7 Å². The van der Waals surface area contributed by atoms with Crippen LogP contribution in [0.3, 0.4) is 0 Å². The maximum atomic E-state index is 12.5. The lowest BCUT2D eigenvalue weighted by molar-refractivity contribution is 0.0940. The van der Waals surface area contributed by atoms with Crippen LogP contribution in [0.15, 0.2) is 48.5 Å². The summed E-state index contributed by atoms with van der Waals surface area (Å²) in [6.45, 7) is 2.40. The highest BCUT2D eigenvalue weighted by molar-refractivity contribution is 7.92. The highest BCUT2D eigenvalue weighted by atomic mass is 32.2. The summed E-state index contributed by atoms with van der Waals surface area (Å²) in [5.74, 6) is 0.737. The van der Waals surface area contributed by atoms with Gasteiger partial charge in [-0.1, -0.05) is 12.1 Å². The van der Waals surface area contributed by atoms with Gasteiger partial charge in [-0.3, -0.25) is 9.10 Å². The first kappa shape index (κ1) is 19.2. The lowest BCUT2D eigenvalue weighted by Gasteiger charge is -2.28. The first-order chi connectivity index (χ1) is 12.9. The standard InChI is InChI=1S/C20H24N2O4S/c1-15(16-7-11-19(26-2)12-8-16)21-20(23)17-5-9-18(10-6-17)22-13-3-4-14-27(22,24)25/h5-12,15H,3-4,13-14H2,1-2H3,(H,21,23)/t15-/m1/s1. The zero-order valence-corrected chi connectivity index (χ0v) is 16.3. The molecular formula is C20H24N2O4S. The third kappa shape index (κ3) is 4.42. The van der Waals surface area contributed by atoms with Crippen LogP contribution in [-0.4, -0.2) is 33.7 Å². The molecule has 0 radical (unpaired) electrons. The fourth-order valence-corrected chi connectivity index (χ4v) is 4.75. The molecule has 1 aliphatic heterocycles. The Hall–Kier alpha value is -2.54. The van der Waals surface area contributed by atoms with Gasteiger partial charge in [0.25, 0.3) is 5.91 Å². The van der Waals surface area contributed by atoms with Crippen LogP contribution >= 0.6 is 0 Å². The predicted molar refractivity (Wildman–Crippen MR) is 106 cm³/mol. The van der Waals surface area contributed by atoms with Crippen molar-refractivity contribution in [1.29, 1.82) is 0 Å². The van der Waals surface area contributed by atoms with Gasteiger partial charge in [-0.05, 0) is 61.7 Å². The van der Waals surface area contributed by atoms with Crippen molar-refractivity contribution in [3.05, 3.63) is 59.7 Å². The number of amides is 1. The normalized spacial score (nSPS) is 17.2. The summed E-state index contributed by atoms with van der Waals surface area (Å²) in [7, 11) is -1.64. The number of nitrogens with zero attached hydrogens (tertiary/aromatic N) is 1. The van der Waals surface area contributed by atoms with Crippen molar-refractivity contribution in [2.75, 3.05) is 23.7 Å². The summed E-state index contributed by atoms with van der Waals surface area (Å²) in [4.78, 5) is 12.5. The maximum absolute atomic E-state index is 12.5. The molecule has 0 unspecified atom stereocenters. The third-order valence-corrected chi connectivity index (χ3v) is 6.60. The largest absolute Gasteiger partial charge is 0.497 e. The van der Waals surface area contributed by atoms with E-state index in [2.05, 4.69) is 5.32 Å². The molecule has 0 saturated carbocycles. The molecule has 2 aromatic rings. The monoisotopic (exact) mass is 388 g/mol. The van der Waals surface area contributed by atoms with Crippen molar-refractivity contribution in [3.8, 4) is 5.75 Å². The average molecular weight is 388 g/mol. The van der Waals surface area contributed by atoms with Gasteiger partial charge in [0.15, 0.2) is 0 Å². The van der Waals surface area contributed by atoms with Crippen molar-refractivity contribution in [2.24, 2.45) is 0 Å². The second-order valence-corrected chi connectivity index (χ2v) is 8.62. The van der Waals surface area contributed by atoms with Crippen LogP contribution in [0.4, 0.5) is 5.69 Å². The molecule has 1 amide bonds. The fourth-order valence-electron chi connectivity index (χ4n) is 3.11. The Morgan fingerprint density at radius 1 is 1.07 bits per heavy atom. The van der Waals surface area contributed by atoms with Crippen molar-refractivity contribution < 1.29 is 17.9 Å². The van der Waals surface area contributed by atoms with Crippen LogP contribution in [0.2, 0.25) is 0 Å². The minimum Gasteiger partial charge on any atom is -0.497 e. The molecule has 27 heavy (non-hydrogen) atoms. The molecule has 7 heteroatoms. The number of nitrogens with one attached hydrogen (secondary N) is 1. The molecule has 1 N–H and O–H groups in total. The molecule has 0 bridgehead atoms. The number of rotatable bonds is 5. The third-order valence-electron chi connectivity index (χ3n) is 4.73. The summed E-state index contributed by atoms with van der Waals surface area (Å²) in [6.07, 6.45) is 1.55. The van der Waals surface area contributed by atoms with E-state index in [-0.39, 0.29) is 17.7 Å².